The van der Waals surface area contributed by atoms with Crippen LogP contribution in [0.2, 0.25) is 0 Å². The molecule has 1 aliphatic heterocycles. The lowest BCUT2D eigenvalue weighted by Gasteiger charge is -2.32. The molecular weight excluding hydrogens is 266 g/mol. The molecule has 1 fully saturated rings. The monoisotopic (exact) mass is 287 g/mol. The number of carbonyl (C=O) groups excluding carboxylic acids is 1. The average molecular weight is 287 g/mol. The molecule has 5 heteroatoms. The zero-order valence-corrected chi connectivity index (χ0v) is 12.8. The average Bonchev–Trinajstić information content (AvgIpc) is 2.83. The van der Waals surface area contributed by atoms with Crippen LogP contribution in [0.5, 0.6) is 5.75 Å². The number of hydrogen-bond acceptors (Lipinski definition) is 3. The first-order valence-electron chi connectivity index (χ1n) is 7.25. The molecule has 1 aromatic heterocycles. The number of nitrogens with one attached hydrogen (secondary N) is 1. The number of nitrogens with zero attached hydrogens (tertiary/aromatic N) is 2. The van der Waals surface area contributed by atoms with Gasteiger partial charge in [-0.15, -0.1) is 0 Å². The molecule has 0 radical (unpaired) electrons. The Labute approximate surface area is 124 Å². The summed E-state index contributed by atoms with van der Waals surface area (Å²) in [7, 11) is 3.73. The maximum atomic E-state index is 12.8. The van der Waals surface area contributed by atoms with Gasteiger partial charge in [0.2, 0.25) is 0 Å². The Hall–Kier alpha value is -2.01. The molecule has 0 unspecified atom stereocenters. The van der Waals surface area contributed by atoms with Gasteiger partial charge in [0, 0.05) is 37.3 Å². The van der Waals surface area contributed by atoms with Crippen molar-refractivity contribution < 1.29 is 9.53 Å². The van der Waals surface area contributed by atoms with Crippen LogP contribution in [0.3, 0.4) is 0 Å². The van der Waals surface area contributed by atoms with E-state index >= 15 is 0 Å². The zero-order valence-electron chi connectivity index (χ0n) is 12.8. The molecule has 1 aromatic carbocycles. The van der Waals surface area contributed by atoms with Crippen LogP contribution in [-0.2, 0) is 0 Å². The van der Waals surface area contributed by atoms with Gasteiger partial charge in [-0.3, -0.25) is 4.79 Å². The van der Waals surface area contributed by atoms with Crippen molar-refractivity contribution in [3.63, 3.8) is 0 Å². The number of ether oxygens (including phenoxy) is 1. The minimum Gasteiger partial charge on any atom is -0.495 e. The molecule has 0 saturated carbocycles. The van der Waals surface area contributed by atoms with Crippen LogP contribution in [-0.4, -0.2) is 61.0 Å². The Morgan fingerprint density at radius 3 is 2.62 bits per heavy atom. The highest BCUT2D eigenvalue weighted by Gasteiger charge is 2.25. The number of aromatic amines is 1. The van der Waals surface area contributed by atoms with Crippen LogP contribution in [0.4, 0.5) is 0 Å². The van der Waals surface area contributed by atoms with Crippen molar-refractivity contribution in [1.82, 2.24) is 14.8 Å². The van der Waals surface area contributed by atoms with E-state index in [1.165, 1.54) is 0 Å². The summed E-state index contributed by atoms with van der Waals surface area (Å²) < 4.78 is 5.37. The Morgan fingerprint density at radius 1 is 1.24 bits per heavy atom. The van der Waals surface area contributed by atoms with E-state index in [1.54, 1.807) is 7.11 Å². The Kier molecular flexibility index (Phi) is 3.59. The fourth-order valence-electron chi connectivity index (χ4n) is 2.93. The van der Waals surface area contributed by atoms with Crippen LogP contribution >= 0.6 is 0 Å². The topological polar surface area (TPSA) is 48.6 Å². The highest BCUT2D eigenvalue weighted by Crippen LogP contribution is 2.30. The van der Waals surface area contributed by atoms with Crippen molar-refractivity contribution in [2.45, 2.75) is 6.92 Å². The first-order chi connectivity index (χ1) is 10.1. The minimum atomic E-state index is 0.111. The third kappa shape index (κ3) is 2.38. The SMILES string of the molecule is COc1cccc2c(C(=O)N3CCN(C)CC3)c(C)[nH]c12. The number of hydrogen-bond donors (Lipinski definition) is 1. The molecule has 2 aromatic rings. The fraction of sp³-hybridized carbons (Fsp3) is 0.438. The third-order valence-corrected chi connectivity index (χ3v) is 4.21. The van der Waals surface area contributed by atoms with E-state index < -0.39 is 0 Å². The number of likely N-dealkylation sites (N-methyl/N-ethyl adjacent to an activating group) is 1. The smallest absolute Gasteiger partial charge is 0.256 e. The number of aryl methyl sites for hydroxylation is 1. The molecule has 0 bridgehead atoms. The maximum absolute atomic E-state index is 12.8. The van der Waals surface area contributed by atoms with Crippen molar-refractivity contribution in [2.75, 3.05) is 40.3 Å². The van der Waals surface area contributed by atoms with Crippen LogP contribution in [0, 0.1) is 6.92 Å². The second-order valence-electron chi connectivity index (χ2n) is 5.60. The van der Waals surface area contributed by atoms with Gasteiger partial charge in [-0.05, 0) is 20.0 Å². The summed E-state index contributed by atoms with van der Waals surface area (Å²) in [5.74, 6) is 0.883. The van der Waals surface area contributed by atoms with Gasteiger partial charge in [0.05, 0.1) is 18.2 Å². The molecule has 0 atom stereocenters. The van der Waals surface area contributed by atoms with Crippen molar-refractivity contribution in [2.24, 2.45) is 0 Å². The van der Waals surface area contributed by atoms with E-state index in [0.717, 1.165) is 54.1 Å². The number of para-hydroxylation sites is 1. The number of fused-ring (bicyclic) bond motifs is 1. The second-order valence-corrected chi connectivity index (χ2v) is 5.60. The van der Waals surface area contributed by atoms with Crippen molar-refractivity contribution in [3.05, 3.63) is 29.5 Å². The lowest BCUT2D eigenvalue weighted by Crippen LogP contribution is -2.47. The van der Waals surface area contributed by atoms with Crippen LogP contribution < -0.4 is 4.74 Å². The molecule has 1 saturated heterocycles. The summed E-state index contributed by atoms with van der Waals surface area (Å²) in [5.41, 5.74) is 2.57. The molecule has 1 aliphatic rings. The normalized spacial score (nSPS) is 16.4. The molecule has 112 valence electrons. The van der Waals surface area contributed by atoms with Gasteiger partial charge in [0.25, 0.3) is 5.91 Å². The molecule has 21 heavy (non-hydrogen) atoms. The van der Waals surface area contributed by atoms with E-state index in [2.05, 4.69) is 16.9 Å². The molecule has 0 aliphatic carbocycles. The number of piperazine rings is 1. The number of aromatic nitrogens is 1. The lowest BCUT2D eigenvalue weighted by atomic mass is 10.1. The van der Waals surface area contributed by atoms with E-state index in [0.29, 0.717) is 0 Å². The first kappa shape index (κ1) is 13.9. The van der Waals surface area contributed by atoms with Gasteiger partial charge in [-0.1, -0.05) is 12.1 Å². The van der Waals surface area contributed by atoms with Gasteiger partial charge < -0.3 is 19.5 Å². The number of rotatable bonds is 2. The molecule has 3 rings (SSSR count). The largest absolute Gasteiger partial charge is 0.495 e. The van der Waals surface area contributed by atoms with Crippen LogP contribution in [0.15, 0.2) is 18.2 Å². The first-order valence-corrected chi connectivity index (χ1v) is 7.25. The van der Waals surface area contributed by atoms with Gasteiger partial charge >= 0.3 is 0 Å². The summed E-state index contributed by atoms with van der Waals surface area (Å²) in [4.78, 5) is 20.3. The molecular formula is C16H21N3O2. The summed E-state index contributed by atoms with van der Waals surface area (Å²) in [6.07, 6.45) is 0. The van der Waals surface area contributed by atoms with Crippen LogP contribution in [0.1, 0.15) is 16.1 Å². The van der Waals surface area contributed by atoms with Crippen LogP contribution in [0.25, 0.3) is 10.9 Å². The quantitative estimate of drug-likeness (QED) is 0.917. The van der Waals surface area contributed by atoms with E-state index in [9.17, 15) is 4.79 Å². The molecule has 1 N–H and O–H groups in total. The molecule has 5 nitrogen and oxygen atoms in total. The van der Waals surface area contributed by atoms with Crippen molar-refractivity contribution in [1.29, 1.82) is 0 Å². The second kappa shape index (κ2) is 5.41. The van der Waals surface area contributed by atoms with E-state index in [-0.39, 0.29) is 5.91 Å². The predicted molar refractivity (Wildman–Crippen MR) is 83.0 cm³/mol. The molecule has 2 heterocycles. The number of benzene rings is 1. The predicted octanol–water partition coefficient (Wildman–Crippen LogP) is 1.87. The number of carbonyl (C=O) groups is 1. The molecule has 1 amide bonds. The summed E-state index contributed by atoms with van der Waals surface area (Å²) in [6, 6.07) is 5.81. The standard InChI is InChI=1S/C16H21N3O2/c1-11-14(16(20)19-9-7-18(2)8-10-19)12-5-4-6-13(21-3)15(12)17-11/h4-6,17H,7-10H2,1-3H3. The van der Waals surface area contributed by atoms with Gasteiger partial charge in [-0.2, -0.15) is 0 Å². The maximum Gasteiger partial charge on any atom is 0.256 e. The highest BCUT2D eigenvalue weighted by atomic mass is 16.5. The number of amides is 1. The van der Waals surface area contributed by atoms with Gasteiger partial charge in [-0.25, -0.2) is 0 Å². The third-order valence-electron chi connectivity index (χ3n) is 4.21. The Bertz CT molecular complexity index is 669. The van der Waals surface area contributed by atoms with Gasteiger partial charge in [0.15, 0.2) is 0 Å². The van der Waals surface area contributed by atoms with Crippen molar-refractivity contribution in [3.8, 4) is 5.75 Å². The summed E-state index contributed by atoms with van der Waals surface area (Å²) in [5, 5.41) is 0.941. The summed E-state index contributed by atoms with van der Waals surface area (Å²) in [6.45, 7) is 5.37. The fourth-order valence-corrected chi connectivity index (χ4v) is 2.93. The Morgan fingerprint density at radius 2 is 1.95 bits per heavy atom. The van der Waals surface area contributed by atoms with Gasteiger partial charge in [0.1, 0.15) is 5.75 Å². The van der Waals surface area contributed by atoms with Crippen molar-refractivity contribution >= 4 is 16.8 Å². The van der Waals surface area contributed by atoms with E-state index in [1.807, 2.05) is 30.0 Å². The zero-order chi connectivity index (χ0) is 15.0. The summed E-state index contributed by atoms with van der Waals surface area (Å²) >= 11 is 0. The lowest BCUT2D eigenvalue weighted by molar-refractivity contribution is 0.0665. The highest BCUT2D eigenvalue weighted by molar-refractivity contribution is 6.09. The Balaban J connectivity index is 2.00. The number of H-pyrrole nitrogens is 1. The number of methoxy groups -OCH3 is 1. The molecule has 0 spiro atoms. The minimum absolute atomic E-state index is 0.111. The van der Waals surface area contributed by atoms with E-state index in [4.69, 9.17) is 4.74 Å².